The van der Waals surface area contributed by atoms with Gasteiger partial charge in [0.25, 0.3) is 0 Å². The highest BCUT2D eigenvalue weighted by atomic mass is 32.2. The minimum atomic E-state index is -2.81. The van der Waals surface area contributed by atoms with Crippen LogP contribution in [0.2, 0.25) is 0 Å². The summed E-state index contributed by atoms with van der Waals surface area (Å²) in [5, 5.41) is 22.6. The predicted octanol–water partition coefficient (Wildman–Crippen LogP) is 3.82. The minimum Gasteiger partial charge on any atom is -0.494 e. The summed E-state index contributed by atoms with van der Waals surface area (Å²) in [4.78, 5) is 8.37. The second kappa shape index (κ2) is 10.9. The number of halogens is 2. The van der Waals surface area contributed by atoms with Crippen LogP contribution in [-0.4, -0.2) is 59.1 Å². The number of hydrogen-bond donors (Lipinski definition) is 2. The van der Waals surface area contributed by atoms with Crippen LogP contribution >= 0.6 is 11.9 Å². The zero-order chi connectivity index (χ0) is 25.8. The lowest BCUT2D eigenvalue weighted by Crippen LogP contribution is -2.17. The second-order valence-electron chi connectivity index (χ2n) is 7.64. The lowest BCUT2D eigenvalue weighted by atomic mass is 10.2. The Morgan fingerprint density at radius 1 is 1.06 bits per heavy atom. The van der Waals surface area contributed by atoms with E-state index in [1.807, 2.05) is 6.92 Å². The molecule has 0 saturated heterocycles. The number of hydrogen-bond acceptors (Lipinski definition) is 10. The monoisotopic (exact) mass is 518 g/mol. The van der Waals surface area contributed by atoms with Gasteiger partial charge in [0.05, 0.1) is 19.5 Å². The maximum absolute atomic E-state index is 13.2. The predicted molar refractivity (Wildman–Crippen MR) is 129 cm³/mol. The number of anilines is 1. The summed E-state index contributed by atoms with van der Waals surface area (Å²) in [6, 6.07) is 6.60. The summed E-state index contributed by atoms with van der Waals surface area (Å²) in [5.41, 5.74) is 1.48. The molecule has 0 saturated carbocycles. The Balaban J connectivity index is 1.72. The van der Waals surface area contributed by atoms with E-state index in [9.17, 15) is 13.9 Å². The Bertz CT molecular complexity index is 1290. The number of rotatable bonds is 10. The van der Waals surface area contributed by atoms with Crippen molar-refractivity contribution in [2.45, 2.75) is 31.8 Å². The molecule has 190 valence electrons. The fraction of sp³-hybridized carbons (Fsp3) is 0.318. The van der Waals surface area contributed by atoms with Gasteiger partial charge < -0.3 is 14.6 Å². The number of aliphatic hydroxyl groups excluding tert-OH is 1. The lowest BCUT2D eigenvalue weighted by molar-refractivity contribution is 0.0568. The minimum absolute atomic E-state index is 0.162. The smallest absolute Gasteiger partial charge is 0.333 e. The average Bonchev–Trinajstić information content (AvgIpc) is 3.54. The van der Waals surface area contributed by atoms with Crippen molar-refractivity contribution in [3.63, 3.8) is 0 Å². The molecule has 0 radical (unpaired) electrons. The van der Waals surface area contributed by atoms with Crippen LogP contribution in [0.15, 0.2) is 42.9 Å². The van der Waals surface area contributed by atoms with Gasteiger partial charge in [-0.3, -0.25) is 9.29 Å². The first-order valence-electron chi connectivity index (χ1n) is 10.7. The van der Waals surface area contributed by atoms with E-state index < -0.39 is 17.9 Å². The van der Waals surface area contributed by atoms with Crippen LogP contribution in [0, 0.1) is 6.92 Å². The molecule has 0 aliphatic rings. The Labute approximate surface area is 209 Å². The normalized spacial score (nSPS) is 13.0. The maximum Gasteiger partial charge on any atom is 0.333 e. The van der Waals surface area contributed by atoms with Crippen LogP contribution < -0.4 is 14.2 Å². The van der Waals surface area contributed by atoms with Crippen LogP contribution in [0.4, 0.5) is 14.7 Å². The van der Waals surface area contributed by atoms with Crippen molar-refractivity contribution in [1.29, 1.82) is 0 Å². The number of ether oxygens (including phenoxy) is 2. The molecule has 0 amide bonds. The number of aryl methyl sites for hydroxylation is 1. The SMILES string of the molecule is COc1cccc(OC)c1-n1c(NSC(C)C(O)c2ncc(C)cn2)nnc1-c1ccn(C(F)F)n1. The number of nitrogens with one attached hydrogen (secondary N) is 1. The van der Waals surface area contributed by atoms with Crippen molar-refractivity contribution < 1.29 is 23.4 Å². The summed E-state index contributed by atoms with van der Waals surface area (Å²) >= 11 is 1.16. The van der Waals surface area contributed by atoms with Gasteiger partial charge in [-0.15, -0.1) is 10.2 Å². The highest BCUT2D eigenvalue weighted by Gasteiger charge is 2.26. The van der Waals surface area contributed by atoms with Gasteiger partial charge >= 0.3 is 6.55 Å². The van der Waals surface area contributed by atoms with Crippen LogP contribution in [0.25, 0.3) is 17.2 Å². The number of aliphatic hydroxyl groups is 1. The third-order valence-electron chi connectivity index (χ3n) is 5.17. The van der Waals surface area contributed by atoms with Crippen molar-refractivity contribution in [2.75, 3.05) is 18.9 Å². The Kier molecular flexibility index (Phi) is 7.64. The largest absolute Gasteiger partial charge is 0.494 e. The summed E-state index contributed by atoms with van der Waals surface area (Å²) in [6.45, 7) is 0.841. The molecule has 1 aromatic carbocycles. The molecular weight excluding hydrogens is 494 g/mol. The fourth-order valence-electron chi connectivity index (χ4n) is 3.32. The number of para-hydroxylation sites is 1. The van der Waals surface area contributed by atoms with E-state index in [0.29, 0.717) is 21.9 Å². The number of methoxy groups -OCH3 is 2. The standard InChI is InChI=1S/C22H24F2N8O3S/c1-12-10-25-19(26-11-12)18(33)13(2)36-30-22-28-27-20(14-8-9-31(29-14)21(23)24)32(22)17-15(34-3)6-5-7-16(17)35-4/h5-11,13,18,21,33H,1-4H3,(H,28,30). The first-order valence-corrected chi connectivity index (χ1v) is 11.6. The second-order valence-corrected chi connectivity index (χ2v) is 8.82. The first-order chi connectivity index (χ1) is 17.3. The molecular formula is C22H24F2N8O3S. The van der Waals surface area contributed by atoms with Crippen LogP contribution in [-0.2, 0) is 0 Å². The van der Waals surface area contributed by atoms with Crippen LogP contribution in [0.5, 0.6) is 11.5 Å². The van der Waals surface area contributed by atoms with E-state index in [-0.39, 0.29) is 23.3 Å². The molecule has 0 aliphatic heterocycles. The van der Waals surface area contributed by atoms with Gasteiger partial charge in [-0.05, 0) is 49.6 Å². The van der Waals surface area contributed by atoms with Crippen molar-refractivity contribution in [3.8, 4) is 28.7 Å². The summed E-state index contributed by atoms with van der Waals surface area (Å²) in [6.07, 6.45) is 3.44. The molecule has 0 bridgehead atoms. The van der Waals surface area contributed by atoms with Gasteiger partial charge in [-0.2, -0.15) is 13.9 Å². The zero-order valence-corrected chi connectivity index (χ0v) is 20.6. The Morgan fingerprint density at radius 3 is 2.31 bits per heavy atom. The van der Waals surface area contributed by atoms with Gasteiger partial charge in [0.2, 0.25) is 5.95 Å². The van der Waals surface area contributed by atoms with E-state index in [1.165, 1.54) is 20.3 Å². The van der Waals surface area contributed by atoms with Crippen molar-refractivity contribution in [2.24, 2.45) is 0 Å². The first kappa shape index (κ1) is 25.3. The molecule has 2 unspecified atom stereocenters. The average molecular weight is 519 g/mol. The quantitative estimate of drug-likeness (QED) is 0.299. The lowest BCUT2D eigenvalue weighted by Gasteiger charge is -2.19. The summed E-state index contributed by atoms with van der Waals surface area (Å²) in [7, 11) is 2.99. The van der Waals surface area contributed by atoms with E-state index in [4.69, 9.17) is 9.47 Å². The van der Waals surface area contributed by atoms with Gasteiger partial charge in [0, 0.05) is 18.6 Å². The number of aromatic nitrogens is 7. The molecule has 0 aliphatic carbocycles. The molecule has 14 heteroatoms. The van der Waals surface area contributed by atoms with Gasteiger partial charge in [-0.25, -0.2) is 14.6 Å². The molecule has 2 N–H and O–H groups in total. The molecule has 36 heavy (non-hydrogen) atoms. The number of nitrogens with zero attached hydrogens (tertiary/aromatic N) is 7. The Hall–Kier alpha value is -3.78. The summed E-state index contributed by atoms with van der Waals surface area (Å²) in [5.74, 6) is 1.55. The molecule has 0 fully saturated rings. The van der Waals surface area contributed by atoms with E-state index in [2.05, 4.69) is 30.0 Å². The fourth-order valence-corrected chi connectivity index (χ4v) is 4.00. The van der Waals surface area contributed by atoms with Crippen molar-refractivity contribution in [3.05, 3.63) is 54.2 Å². The molecule has 4 aromatic rings. The van der Waals surface area contributed by atoms with Crippen LogP contribution in [0.3, 0.4) is 0 Å². The highest BCUT2D eigenvalue weighted by molar-refractivity contribution is 8.01. The van der Waals surface area contributed by atoms with E-state index >= 15 is 0 Å². The molecule has 11 nitrogen and oxygen atoms in total. The zero-order valence-electron chi connectivity index (χ0n) is 19.8. The number of alkyl halides is 2. The topological polar surface area (TPSA) is 125 Å². The highest BCUT2D eigenvalue weighted by Crippen LogP contribution is 2.38. The van der Waals surface area contributed by atoms with Gasteiger partial charge in [-0.1, -0.05) is 6.07 Å². The Morgan fingerprint density at radius 2 is 1.72 bits per heavy atom. The molecule has 4 rings (SSSR count). The van der Waals surface area contributed by atoms with Gasteiger partial charge in [0.1, 0.15) is 29.0 Å². The third kappa shape index (κ3) is 5.09. The van der Waals surface area contributed by atoms with E-state index in [0.717, 1.165) is 23.7 Å². The molecule has 3 aromatic heterocycles. The number of benzene rings is 1. The van der Waals surface area contributed by atoms with Crippen LogP contribution in [0.1, 0.15) is 31.0 Å². The van der Waals surface area contributed by atoms with E-state index in [1.54, 1.807) is 42.1 Å². The maximum atomic E-state index is 13.2. The van der Waals surface area contributed by atoms with Gasteiger partial charge in [0.15, 0.2) is 11.6 Å². The van der Waals surface area contributed by atoms with Crippen molar-refractivity contribution in [1.82, 2.24) is 34.5 Å². The molecule has 0 spiro atoms. The molecule has 2 atom stereocenters. The molecule has 3 heterocycles. The van der Waals surface area contributed by atoms with Crippen molar-refractivity contribution >= 4 is 17.9 Å². The summed E-state index contributed by atoms with van der Waals surface area (Å²) < 4.78 is 42.6. The third-order valence-corrected chi connectivity index (χ3v) is 6.10.